The number of carbonyl (C=O) groups is 1. The van der Waals surface area contributed by atoms with Gasteiger partial charge in [-0.25, -0.2) is 0 Å². The zero-order valence-electron chi connectivity index (χ0n) is 10.6. The molecule has 1 aliphatic heterocycles. The van der Waals surface area contributed by atoms with Gasteiger partial charge in [-0.05, 0) is 31.4 Å². The Balaban J connectivity index is 1.80. The van der Waals surface area contributed by atoms with E-state index in [0.717, 1.165) is 24.1 Å². The molecule has 1 fully saturated rings. The van der Waals surface area contributed by atoms with E-state index in [0.29, 0.717) is 13.1 Å². The molecule has 18 heavy (non-hydrogen) atoms. The molecule has 1 aromatic heterocycles. The van der Waals surface area contributed by atoms with Crippen molar-refractivity contribution in [2.45, 2.75) is 38.5 Å². The lowest BCUT2D eigenvalue weighted by atomic mass is 10.2. The van der Waals surface area contributed by atoms with Crippen LogP contribution in [0, 0.1) is 6.92 Å². The van der Waals surface area contributed by atoms with Gasteiger partial charge in [0.2, 0.25) is 5.91 Å². The molecule has 0 spiro atoms. The maximum absolute atomic E-state index is 11.8. The van der Waals surface area contributed by atoms with Gasteiger partial charge in [-0.2, -0.15) is 0 Å². The van der Waals surface area contributed by atoms with Gasteiger partial charge in [0.15, 0.2) is 0 Å². The Morgan fingerprint density at radius 1 is 1.56 bits per heavy atom. The number of pyridine rings is 1. The fourth-order valence-electron chi connectivity index (χ4n) is 1.98. The van der Waals surface area contributed by atoms with Crippen molar-refractivity contribution in [3.05, 3.63) is 29.6 Å². The molecule has 1 aliphatic rings. The fraction of sp³-hybridized carbons (Fsp3) is 0.538. The highest BCUT2D eigenvalue weighted by Crippen LogP contribution is 2.18. The van der Waals surface area contributed by atoms with E-state index in [1.54, 1.807) is 6.20 Å². The highest BCUT2D eigenvalue weighted by molar-refractivity contribution is 5.80. The molecule has 3 N–H and O–H groups in total. The van der Waals surface area contributed by atoms with Crippen molar-refractivity contribution in [2.75, 3.05) is 6.54 Å². The normalized spacial score (nSPS) is 23.0. The lowest BCUT2D eigenvalue weighted by molar-refractivity contribution is -0.132. The molecule has 0 bridgehead atoms. The van der Waals surface area contributed by atoms with Crippen molar-refractivity contribution in [1.82, 2.24) is 10.3 Å². The van der Waals surface area contributed by atoms with Crippen LogP contribution in [-0.2, 0) is 16.1 Å². The minimum absolute atomic E-state index is 0.0294. The number of hydrogen-bond donors (Lipinski definition) is 2. The molecule has 1 aromatic rings. The molecule has 1 saturated heterocycles. The molecule has 5 heteroatoms. The Kier molecular flexibility index (Phi) is 4.28. The largest absolute Gasteiger partial charge is 0.364 e. The second-order valence-electron chi connectivity index (χ2n) is 4.59. The number of hydrogen-bond acceptors (Lipinski definition) is 4. The number of rotatable bonds is 4. The SMILES string of the molecule is Cc1ccc(CNC(=O)C2CCC(CN)O2)cn1. The summed E-state index contributed by atoms with van der Waals surface area (Å²) in [6, 6.07) is 3.89. The van der Waals surface area contributed by atoms with Crippen LogP contribution < -0.4 is 11.1 Å². The Morgan fingerprint density at radius 3 is 3.00 bits per heavy atom. The average Bonchev–Trinajstić information content (AvgIpc) is 2.86. The van der Waals surface area contributed by atoms with Gasteiger partial charge in [-0.15, -0.1) is 0 Å². The molecule has 98 valence electrons. The van der Waals surface area contributed by atoms with Gasteiger partial charge in [0.25, 0.3) is 0 Å². The van der Waals surface area contributed by atoms with E-state index in [4.69, 9.17) is 10.5 Å². The molecule has 5 nitrogen and oxygen atoms in total. The molecular weight excluding hydrogens is 230 g/mol. The van der Waals surface area contributed by atoms with Gasteiger partial charge >= 0.3 is 0 Å². The molecule has 2 heterocycles. The van der Waals surface area contributed by atoms with Crippen molar-refractivity contribution in [3.8, 4) is 0 Å². The minimum Gasteiger partial charge on any atom is -0.364 e. The summed E-state index contributed by atoms with van der Waals surface area (Å²) >= 11 is 0. The van der Waals surface area contributed by atoms with Crippen molar-refractivity contribution in [3.63, 3.8) is 0 Å². The molecule has 0 aromatic carbocycles. The maximum atomic E-state index is 11.8. The fourth-order valence-corrected chi connectivity index (χ4v) is 1.98. The van der Waals surface area contributed by atoms with Gasteiger partial charge in [0.05, 0.1) is 6.10 Å². The maximum Gasteiger partial charge on any atom is 0.249 e. The van der Waals surface area contributed by atoms with Crippen LogP contribution >= 0.6 is 0 Å². The lowest BCUT2D eigenvalue weighted by Crippen LogP contribution is -2.35. The first kappa shape index (κ1) is 13.0. The Labute approximate surface area is 107 Å². The first-order chi connectivity index (χ1) is 8.69. The van der Waals surface area contributed by atoms with Crippen LogP contribution in [0.5, 0.6) is 0 Å². The summed E-state index contributed by atoms with van der Waals surface area (Å²) in [6.07, 6.45) is 3.06. The quantitative estimate of drug-likeness (QED) is 0.815. The van der Waals surface area contributed by atoms with E-state index in [2.05, 4.69) is 10.3 Å². The zero-order chi connectivity index (χ0) is 13.0. The van der Waals surface area contributed by atoms with Crippen LogP contribution in [0.3, 0.4) is 0 Å². The van der Waals surface area contributed by atoms with Gasteiger partial charge in [-0.1, -0.05) is 6.07 Å². The predicted molar refractivity (Wildman–Crippen MR) is 67.8 cm³/mol. The second kappa shape index (κ2) is 5.93. The Morgan fingerprint density at radius 2 is 2.39 bits per heavy atom. The van der Waals surface area contributed by atoms with E-state index in [1.807, 2.05) is 19.1 Å². The third kappa shape index (κ3) is 3.27. The van der Waals surface area contributed by atoms with Crippen LogP contribution in [0.2, 0.25) is 0 Å². The Bertz CT molecular complexity index is 405. The predicted octanol–water partition coefficient (Wildman–Crippen LogP) is 0.513. The van der Waals surface area contributed by atoms with Crippen molar-refractivity contribution < 1.29 is 9.53 Å². The van der Waals surface area contributed by atoms with Gasteiger partial charge in [0.1, 0.15) is 6.10 Å². The first-order valence-electron chi connectivity index (χ1n) is 6.24. The molecule has 0 aliphatic carbocycles. The number of aromatic nitrogens is 1. The number of ether oxygens (including phenoxy) is 1. The summed E-state index contributed by atoms with van der Waals surface area (Å²) in [5.74, 6) is -0.0634. The van der Waals surface area contributed by atoms with Gasteiger partial charge < -0.3 is 15.8 Å². The molecule has 0 saturated carbocycles. The molecular formula is C13H19N3O2. The Hall–Kier alpha value is -1.46. The van der Waals surface area contributed by atoms with Crippen molar-refractivity contribution in [2.24, 2.45) is 5.73 Å². The summed E-state index contributed by atoms with van der Waals surface area (Å²) < 4.78 is 5.53. The van der Waals surface area contributed by atoms with E-state index in [1.165, 1.54) is 0 Å². The van der Waals surface area contributed by atoms with E-state index >= 15 is 0 Å². The minimum atomic E-state index is -0.350. The number of nitrogens with two attached hydrogens (primary N) is 1. The standard InChI is InChI=1S/C13H19N3O2/c1-9-2-3-10(7-15-9)8-16-13(17)12-5-4-11(6-14)18-12/h2-3,7,11-12H,4-6,8,14H2,1H3,(H,16,17). The van der Waals surface area contributed by atoms with Crippen molar-refractivity contribution in [1.29, 1.82) is 0 Å². The van der Waals surface area contributed by atoms with E-state index in [-0.39, 0.29) is 18.1 Å². The second-order valence-corrected chi connectivity index (χ2v) is 4.59. The van der Waals surface area contributed by atoms with Gasteiger partial charge in [-0.3, -0.25) is 9.78 Å². The molecule has 2 unspecified atom stereocenters. The summed E-state index contributed by atoms with van der Waals surface area (Å²) in [5.41, 5.74) is 7.47. The smallest absolute Gasteiger partial charge is 0.249 e. The van der Waals surface area contributed by atoms with Crippen LogP contribution in [0.15, 0.2) is 18.3 Å². The number of aryl methyl sites for hydroxylation is 1. The third-order valence-electron chi connectivity index (χ3n) is 3.10. The van der Waals surface area contributed by atoms with Crippen LogP contribution in [0.4, 0.5) is 0 Å². The summed E-state index contributed by atoms with van der Waals surface area (Å²) in [5, 5.41) is 2.86. The summed E-state index contributed by atoms with van der Waals surface area (Å²) in [6.45, 7) is 2.90. The topological polar surface area (TPSA) is 77.2 Å². The summed E-state index contributed by atoms with van der Waals surface area (Å²) in [4.78, 5) is 16.0. The molecule has 1 amide bonds. The van der Waals surface area contributed by atoms with Crippen LogP contribution in [0.25, 0.3) is 0 Å². The van der Waals surface area contributed by atoms with Crippen LogP contribution in [-0.4, -0.2) is 29.6 Å². The van der Waals surface area contributed by atoms with Crippen molar-refractivity contribution >= 4 is 5.91 Å². The lowest BCUT2D eigenvalue weighted by Gasteiger charge is -2.12. The third-order valence-corrected chi connectivity index (χ3v) is 3.10. The number of carbonyl (C=O) groups excluding carboxylic acids is 1. The number of nitrogens with zero attached hydrogens (tertiary/aromatic N) is 1. The molecule has 2 atom stereocenters. The monoisotopic (exact) mass is 249 g/mol. The summed E-state index contributed by atoms with van der Waals surface area (Å²) in [7, 11) is 0. The highest BCUT2D eigenvalue weighted by Gasteiger charge is 2.29. The molecule has 2 rings (SSSR count). The van der Waals surface area contributed by atoms with Crippen LogP contribution in [0.1, 0.15) is 24.1 Å². The first-order valence-corrected chi connectivity index (χ1v) is 6.24. The van der Waals surface area contributed by atoms with E-state index in [9.17, 15) is 4.79 Å². The zero-order valence-corrected chi connectivity index (χ0v) is 10.6. The average molecular weight is 249 g/mol. The highest BCUT2D eigenvalue weighted by atomic mass is 16.5. The molecule has 0 radical (unpaired) electrons. The number of nitrogens with one attached hydrogen (secondary N) is 1. The number of amides is 1. The van der Waals surface area contributed by atoms with E-state index < -0.39 is 0 Å². The van der Waals surface area contributed by atoms with Gasteiger partial charge in [0, 0.05) is 25.0 Å².